The Morgan fingerprint density at radius 2 is 1.62 bits per heavy atom. The Morgan fingerprint density at radius 3 is 2.43 bits per heavy atom. The van der Waals surface area contributed by atoms with Crippen LogP contribution in [0.3, 0.4) is 0 Å². The Kier molecular flexibility index (Phi) is 6.60. The number of para-hydroxylation sites is 3. The summed E-state index contributed by atoms with van der Waals surface area (Å²) in [4.78, 5) is 33.6. The topological polar surface area (TPSA) is 76.5 Å². The van der Waals surface area contributed by atoms with E-state index in [-0.39, 0.29) is 11.6 Å². The smallest absolute Gasteiger partial charge is 0.322 e. The third kappa shape index (κ3) is 4.51. The van der Waals surface area contributed by atoms with Gasteiger partial charge in [-0.3, -0.25) is 9.36 Å². The number of nitrogens with one attached hydrogen (secondary N) is 1. The van der Waals surface area contributed by atoms with E-state index >= 15 is 0 Å². The van der Waals surface area contributed by atoms with Gasteiger partial charge in [-0.2, -0.15) is 0 Å². The lowest BCUT2D eigenvalue weighted by atomic mass is 10.1. The lowest BCUT2D eigenvalue weighted by Crippen LogP contribution is -2.37. The number of urea groups is 1. The molecule has 5 rings (SSSR count). The number of aromatic nitrogens is 2. The quantitative estimate of drug-likeness (QED) is 0.308. The molecule has 1 N–H and O–H groups in total. The van der Waals surface area contributed by atoms with Crippen LogP contribution in [0.2, 0.25) is 0 Å². The van der Waals surface area contributed by atoms with Gasteiger partial charge in [-0.1, -0.05) is 60.7 Å². The van der Waals surface area contributed by atoms with Crippen LogP contribution in [-0.2, 0) is 0 Å². The Bertz CT molecular complexity index is 1660. The average molecular weight is 493 g/mol. The van der Waals surface area contributed by atoms with Gasteiger partial charge in [0.15, 0.2) is 0 Å². The largest absolute Gasteiger partial charge is 0.492 e. The van der Waals surface area contributed by atoms with Crippen molar-refractivity contribution < 1.29 is 9.53 Å². The number of ether oxygens (including phenoxy) is 1. The first kappa shape index (κ1) is 24.1. The van der Waals surface area contributed by atoms with E-state index in [1.165, 1.54) is 0 Å². The third-order valence-electron chi connectivity index (χ3n) is 6.51. The van der Waals surface area contributed by atoms with Gasteiger partial charge in [0.25, 0.3) is 5.56 Å². The summed E-state index contributed by atoms with van der Waals surface area (Å²) in [6.45, 7) is 4.21. The van der Waals surface area contributed by atoms with E-state index < -0.39 is 6.04 Å². The molecule has 2 amide bonds. The molecule has 5 aromatic rings. The molecule has 1 aromatic heterocycles. The van der Waals surface area contributed by atoms with Crippen molar-refractivity contribution in [3.05, 3.63) is 107 Å². The van der Waals surface area contributed by atoms with Crippen LogP contribution in [0, 0.1) is 0 Å². The number of carbonyl (C=O) groups excluding carboxylic acids is 1. The fourth-order valence-electron chi connectivity index (χ4n) is 4.47. The molecule has 0 saturated carbocycles. The van der Waals surface area contributed by atoms with Crippen LogP contribution < -0.4 is 15.6 Å². The van der Waals surface area contributed by atoms with Crippen molar-refractivity contribution in [3.63, 3.8) is 0 Å². The monoisotopic (exact) mass is 492 g/mol. The molecule has 0 spiro atoms. The minimum atomic E-state index is -0.540. The zero-order valence-electron chi connectivity index (χ0n) is 21.0. The second kappa shape index (κ2) is 10.1. The minimum absolute atomic E-state index is 0.220. The normalized spacial score (nSPS) is 11.9. The zero-order valence-corrected chi connectivity index (χ0v) is 21.0. The summed E-state index contributed by atoms with van der Waals surface area (Å²) in [6, 6.07) is 27.4. The molecule has 0 aliphatic rings. The van der Waals surface area contributed by atoms with E-state index in [9.17, 15) is 9.59 Å². The van der Waals surface area contributed by atoms with Crippen LogP contribution in [-0.4, -0.2) is 34.1 Å². The minimum Gasteiger partial charge on any atom is -0.492 e. The second-order valence-electron chi connectivity index (χ2n) is 8.77. The number of benzene rings is 4. The maximum Gasteiger partial charge on any atom is 0.322 e. The molecule has 0 saturated heterocycles. The number of hydrogen-bond acceptors (Lipinski definition) is 4. The van der Waals surface area contributed by atoms with Crippen LogP contribution >= 0.6 is 0 Å². The van der Waals surface area contributed by atoms with E-state index in [0.717, 1.165) is 10.8 Å². The number of carbonyl (C=O) groups is 1. The Balaban J connectivity index is 1.59. The molecule has 186 valence electrons. The van der Waals surface area contributed by atoms with Crippen LogP contribution in [0.15, 0.2) is 95.8 Å². The van der Waals surface area contributed by atoms with E-state index in [4.69, 9.17) is 9.72 Å². The van der Waals surface area contributed by atoms with Gasteiger partial charge in [-0.25, -0.2) is 9.78 Å². The third-order valence-corrected chi connectivity index (χ3v) is 6.51. The molecular weight excluding hydrogens is 464 g/mol. The summed E-state index contributed by atoms with van der Waals surface area (Å²) in [6.07, 6.45) is 0. The molecule has 37 heavy (non-hydrogen) atoms. The molecule has 0 aliphatic heterocycles. The summed E-state index contributed by atoms with van der Waals surface area (Å²) in [7, 11) is 1.70. The number of fused-ring (bicyclic) bond motifs is 2. The highest BCUT2D eigenvalue weighted by Gasteiger charge is 2.25. The van der Waals surface area contributed by atoms with Crippen molar-refractivity contribution in [2.45, 2.75) is 19.9 Å². The van der Waals surface area contributed by atoms with Gasteiger partial charge in [0, 0.05) is 12.4 Å². The fraction of sp³-hybridized carbons (Fsp3) is 0.167. The predicted molar refractivity (Wildman–Crippen MR) is 148 cm³/mol. The molecule has 4 aromatic carbocycles. The molecular formula is C30H28N4O3. The summed E-state index contributed by atoms with van der Waals surface area (Å²) in [5.41, 5.74) is 1.65. The van der Waals surface area contributed by atoms with E-state index in [0.29, 0.717) is 40.5 Å². The first-order valence-corrected chi connectivity index (χ1v) is 12.2. The van der Waals surface area contributed by atoms with E-state index in [1.54, 1.807) is 22.6 Å². The molecule has 7 heteroatoms. The average Bonchev–Trinajstić information content (AvgIpc) is 2.93. The maximum absolute atomic E-state index is 13.8. The summed E-state index contributed by atoms with van der Waals surface area (Å²) in [5.74, 6) is 1.01. The number of rotatable bonds is 6. The molecule has 1 heterocycles. The highest BCUT2D eigenvalue weighted by Crippen LogP contribution is 2.28. The number of amides is 2. The van der Waals surface area contributed by atoms with Gasteiger partial charge < -0.3 is 15.0 Å². The van der Waals surface area contributed by atoms with Crippen molar-refractivity contribution in [1.29, 1.82) is 0 Å². The lowest BCUT2D eigenvalue weighted by molar-refractivity contribution is 0.205. The highest BCUT2D eigenvalue weighted by atomic mass is 16.5. The van der Waals surface area contributed by atoms with Crippen molar-refractivity contribution in [2.75, 3.05) is 19.0 Å². The van der Waals surface area contributed by atoms with Gasteiger partial charge in [0.05, 0.1) is 34.9 Å². The number of nitrogens with zero attached hydrogens (tertiary/aromatic N) is 3. The summed E-state index contributed by atoms with van der Waals surface area (Å²) >= 11 is 0. The van der Waals surface area contributed by atoms with Crippen LogP contribution in [0.25, 0.3) is 27.4 Å². The molecule has 0 radical (unpaired) electrons. The van der Waals surface area contributed by atoms with E-state index in [2.05, 4.69) is 5.32 Å². The van der Waals surface area contributed by atoms with Gasteiger partial charge in [-0.15, -0.1) is 0 Å². The van der Waals surface area contributed by atoms with Crippen molar-refractivity contribution in [3.8, 4) is 11.4 Å². The van der Waals surface area contributed by atoms with Crippen LogP contribution in [0.4, 0.5) is 10.5 Å². The van der Waals surface area contributed by atoms with Crippen molar-refractivity contribution in [2.24, 2.45) is 0 Å². The van der Waals surface area contributed by atoms with Gasteiger partial charge >= 0.3 is 6.03 Å². The predicted octanol–water partition coefficient (Wildman–Crippen LogP) is 6.16. The van der Waals surface area contributed by atoms with Crippen LogP contribution in [0.5, 0.6) is 5.75 Å². The van der Waals surface area contributed by atoms with Gasteiger partial charge in [-0.05, 0) is 49.6 Å². The first-order chi connectivity index (χ1) is 18.0. The summed E-state index contributed by atoms with van der Waals surface area (Å²) in [5, 5.41) is 5.50. The van der Waals surface area contributed by atoms with E-state index in [1.807, 2.05) is 98.8 Å². The number of hydrogen-bond donors (Lipinski definition) is 1. The first-order valence-electron chi connectivity index (χ1n) is 12.2. The molecule has 7 nitrogen and oxygen atoms in total. The fourth-order valence-corrected chi connectivity index (χ4v) is 4.47. The van der Waals surface area contributed by atoms with Crippen LogP contribution in [0.1, 0.15) is 25.7 Å². The zero-order chi connectivity index (χ0) is 25.9. The molecule has 1 unspecified atom stereocenters. The van der Waals surface area contributed by atoms with Gasteiger partial charge in [0.2, 0.25) is 0 Å². The van der Waals surface area contributed by atoms with Crippen molar-refractivity contribution in [1.82, 2.24) is 14.5 Å². The Hall–Kier alpha value is -4.65. The maximum atomic E-state index is 13.8. The molecule has 0 bridgehead atoms. The molecule has 0 fully saturated rings. The Morgan fingerprint density at radius 1 is 0.946 bits per heavy atom. The van der Waals surface area contributed by atoms with Crippen molar-refractivity contribution >= 4 is 33.4 Å². The number of anilines is 1. The molecule has 1 atom stereocenters. The lowest BCUT2D eigenvalue weighted by Gasteiger charge is -2.28. The summed E-state index contributed by atoms with van der Waals surface area (Å²) < 4.78 is 7.40. The Labute approximate surface area is 214 Å². The second-order valence-corrected chi connectivity index (χ2v) is 8.77. The standard InChI is InChI=1S/C30H28N4O3/c1-4-37-27-19-10-9-18-26(27)34-28(31-25-16-8-7-15-23(25)29(34)35)20(2)33(3)30(36)32-24-17-11-13-21-12-5-6-14-22(21)24/h5-20H,4H2,1-3H3,(H,32,36). The molecule has 0 aliphatic carbocycles. The SMILES string of the molecule is CCOc1ccccc1-n1c(C(C)N(C)C(=O)Nc2cccc3ccccc23)nc2ccccc2c1=O. The highest BCUT2D eigenvalue weighted by molar-refractivity contribution is 6.01. The van der Waals surface area contributed by atoms with Gasteiger partial charge in [0.1, 0.15) is 11.6 Å².